The summed E-state index contributed by atoms with van der Waals surface area (Å²) in [6.07, 6.45) is 5.23. The number of methoxy groups -OCH3 is 2. The first-order valence-corrected chi connectivity index (χ1v) is 24.4. The third kappa shape index (κ3) is 13.9. The second-order valence-corrected chi connectivity index (χ2v) is 19.5. The average Bonchev–Trinajstić information content (AvgIpc) is 4.01. The Bertz CT molecular complexity index is 1880. The van der Waals surface area contributed by atoms with Crippen molar-refractivity contribution in [2.45, 2.75) is 143 Å². The normalized spacial score (nSPS) is 18.0. The second-order valence-electron chi connectivity index (χ2n) is 18.5. The fourth-order valence-electron chi connectivity index (χ4n) is 9.44. The van der Waals surface area contributed by atoms with Gasteiger partial charge in [-0.05, 0) is 73.6 Å². The molecule has 2 heterocycles. The molecule has 1 aliphatic heterocycles. The summed E-state index contributed by atoms with van der Waals surface area (Å²) in [4.78, 5) is 67.4. The molecule has 4 amide bonds. The molecule has 13 heteroatoms. The molecule has 1 aromatic heterocycles. The van der Waals surface area contributed by atoms with E-state index in [1.54, 1.807) is 32.4 Å². The van der Waals surface area contributed by atoms with Gasteiger partial charge in [-0.1, -0.05) is 116 Å². The zero-order valence-electron chi connectivity index (χ0n) is 40.7. The van der Waals surface area contributed by atoms with Crippen LogP contribution in [0.4, 0.5) is 0 Å². The van der Waals surface area contributed by atoms with Crippen LogP contribution < -0.4 is 10.6 Å². The molecular weight excluding hydrogens is 825 g/mol. The molecule has 0 unspecified atom stereocenters. The number of amides is 4. The van der Waals surface area contributed by atoms with Gasteiger partial charge >= 0.3 is 0 Å². The molecule has 2 N–H and O–H groups in total. The zero-order valence-corrected chi connectivity index (χ0v) is 41.5. The van der Waals surface area contributed by atoms with Gasteiger partial charge in [0, 0.05) is 45.9 Å². The van der Waals surface area contributed by atoms with E-state index in [9.17, 15) is 19.2 Å². The van der Waals surface area contributed by atoms with Gasteiger partial charge in [-0.2, -0.15) is 0 Å². The van der Waals surface area contributed by atoms with Crippen molar-refractivity contribution < 1.29 is 28.7 Å². The standard InChI is InChI=1S/C51H78N6O6S/c1-13-35(7)46(56(10)51(61)44(33(3)4)54-49(60)45(34(5)6)55(9)29-26-38-24-22-37(14-2)23-25-38)42(62-11)32-43(58)57-28-18-21-41(57)47(63-12)36(8)48(59)53-40(50-52-27-30-64-50)31-39-19-16-15-17-20-39/h15-17,19-20,22-25,27,30,33-36,40-42,44-47H,13-14,18,21,26,28-29,31-32H2,1-12H3,(H,53,59)(H,54,60)/t35-,36+,40-,41-,42+,44-,45-,46-,47+/m0/s1. The number of ether oxygens (including phenoxy) is 2. The lowest BCUT2D eigenvalue weighted by Crippen LogP contribution is -2.60. The first kappa shape index (κ1) is 52.5. The minimum Gasteiger partial charge on any atom is -0.379 e. The maximum absolute atomic E-state index is 14.6. The van der Waals surface area contributed by atoms with Crippen LogP contribution in [0.2, 0.25) is 0 Å². The summed E-state index contributed by atoms with van der Waals surface area (Å²) in [5, 5.41) is 9.15. The highest BCUT2D eigenvalue weighted by Gasteiger charge is 2.43. The Morgan fingerprint density at radius 1 is 0.859 bits per heavy atom. The van der Waals surface area contributed by atoms with Crippen molar-refractivity contribution in [2.75, 3.05) is 41.4 Å². The number of likely N-dealkylation sites (tertiary alicyclic amines) is 1. The number of likely N-dealkylation sites (N-methyl/N-ethyl adjacent to an activating group) is 2. The quantitative estimate of drug-likeness (QED) is 0.0902. The van der Waals surface area contributed by atoms with Crippen LogP contribution in [0.5, 0.6) is 0 Å². The molecule has 0 spiro atoms. The predicted molar refractivity (Wildman–Crippen MR) is 257 cm³/mol. The zero-order chi connectivity index (χ0) is 47.1. The van der Waals surface area contributed by atoms with Crippen molar-refractivity contribution in [2.24, 2.45) is 23.7 Å². The van der Waals surface area contributed by atoms with Crippen LogP contribution in [0.15, 0.2) is 66.2 Å². The van der Waals surface area contributed by atoms with Gasteiger partial charge in [0.05, 0.1) is 48.7 Å². The molecular formula is C51H78N6O6S. The van der Waals surface area contributed by atoms with Crippen LogP contribution in [0, 0.1) is 23.7 Å². The topological polar surface area (TPSA) is 133 Å². The number of carbonyl (C=O) groups is 4. The molecule has 64 heavy (non-hydrogen) atoms. The van der Waals surface area contributed by atoms with E-state index in [1.807, 2.05) is 82.3 Å². The van der Waals surface area contributed by atoms with E-state index in [0.29, 0.717) is 25.9 Å². The molecule has 9 atom stereocenters. The van der Waals surface area contributed by atoms with Crippen molar-refractivity contribution in [1.29, 1.82) is 0 Å². The highest BCUT2D eigenvalue weighted by Crippen LogP contribution is 2.31. The number of hydrogen-bond donors (Lipinski definition) is 2. The van der Waals surface area contributed by atoms with Gasteiger partial charge in [-0.15, -0.1) is 11.3 Å². The Morgan fingerprint density at radius 2 is 1.53 bits per heavy atom. The molecule has 2 aromatic carbocycles. The van der Waals surface area contributed by atoms with Gasteiger partial charge < -0.3 is 29.9 Å². The predicted octanol–water partition coefficient (Wildman–Crippen LogP) is 7.37. The molecule has 1 fully saturated rings. The number of thiazole rings is 1. The maximum atomic E-state index is 14.6. The minimum absolute atomic E-state index is 0.00873. The summed E-state index contributed by atoms with van der Waals surface area (Å²) in [6.45, 7) is 17.3. The monoisotopic (exact) mass is 903 g/mol. The fraction of sp³-hybridized carbons (Fsp3) is 0.627. The molecule has 0 bridgehead atoms. The number of rotatable bonds is 25. The van der Waals surface area contributed by atoms with Crippen molar-refractivity contribution in [1.82, 2.24) is 30.3 Å². The van der Waals surface area contributed by atoms with Gasteiger partial charge in [0.15, 0.2) is 0 Å². The maximum Gasteiger partial charge on any atom is 0.245 e. The van der Waals surface area contributed by atoms with Gasteiger partial charge in [0.1, 0.15) is 11.0 Å². The van der Waals surface area contributed by atoms with Crippen LogP contribution in [0.1, 0.15) is 109 Å². The number of aryl methyl sites for hydroxylation is 1. The summed E-state index contributed by atoms with van der Waals surface area (Å²) in [5.41, 5.74) is 3.61. The molecule has 0 aliphatic carbocycles. The number of benzene rings is 2. The highest BCUT2D eigenvalue weighted by molar-refractivity contribution is 7.09. The lowest BCUT2D eigenvalue weighted by Gasteiger charge is -2.41. The lowest BCUT2D eigenvalue weighted by molar-refractivity contribution is -0.148. The lowest BCUT2D eigenvalue weighted by atomic mass is 9.89. The van der Waals surface area contributed by atoms with Crippen LogP contribution in [0.3, 0.4) is 0 Å². The Labute approximate surface area is 388 Å². The third-order valence-corrected chi connectivity index (χ3v) is 14.3. The molecule has 0 saturated carbocycles. The van der Waals surface area contributed by atoms with Crippen molar-refractivity contribution >= 4 is 35.0 Å². The Morgan fingerprint density at radius 3 is 2.09 bits per heavy atom. The van der Waals surface area contributed by atoms with E-state index in [2.05, 4.69) is 65.6 Å². The van der Waals surface area contributed by atoms with Crippen molar-refractivity contribution in [3.63, 3.8) is 0 Å². The molecule has 12 nitrogen and oxygen atoms in total. The minimum atomic E-state index is -0.783. The van der Waals surface area contributed by atoms with Crippen LogP contribution >= 0.6 is 11.3 Å². The average molecular weight is 903 g/mol. The first-order chi connectivity index (χ1) is 30.6. The van der Waals surface area contributed by atoms with E-state index in [1.165, 1.54) is 22.5 Å². The molecule has 4 rings (SSSR count). The van der Waals surface area contributed by atoms with E-state index >= 15 is 0 Å². The van der Waals surface area contributed by atoms with Gasteiger partial charge in [0.25, 0.3) is 0 Å². The third-order valence-electron chi connectivity index (χ3n) is 13.4. The van der Waals surface area contributed by atoms with Gasteiger partial charge in [-0.3, -0.25) is 24.1 Å². The highest BCUT2D eigenvalue weighted by atomic mass is 32.1. The van der Waals surface area contributed by atoms with Gasteiger partial charge in [-0.25, -0.2) is 4.98 Å². The fourth-order valence-corrected chi connectivity index (χ4v) is 10.1. The molecule has 354 valence electrons. The largest absolute Gasteiger partial charge is 0.379 e. The number of aromatic nitrogens is 1. The van der Waals surface area contributed by atoms with Crippen molar-refractivity contribution in [3.8, 4) is 0 Å². The molecule has 1 saturated heterocycles. The summed E-state index contributed by atoms with van der Waals surface area (Å²) < 4.78 is 12.2. The van der Waals surface area contributed by atoms with Crippen LogP contribution in [-0.2, 0) is 47.9 Å². The van der Waals surface area contributed by atoms with E-state index in [0.717, 1.165) is 36.3 Å². The van der Waals surface area contributed by atoms with E-state index in [-0.39, 0.29) is 59.9 Å². The Hall–Kier alpha value is -4.17. The van der Waals surface area contributed by atoms with E-state index in [4.69, 9.17) is 9.47 Å². The molecule has 0 radical (unpaired) electrons. The summed E-state index contributed by atoms with van der Waals surface area (Å²) in [6, 6.07) is 16.4. The Kier molecular flexibility index (Phi) is 20.9. The second kappa shape index (κ2) is 25.5. The molecule has 3 aromatic rings. The number of carbonyl (C=O) groups excluding carboxylic acids is 4. The summed E-state index contributed by atoms with van der Waals surface area (Å²) >= 11 is 1.51. The Balaban J connectivity index is 1.46. The number of nitrogens with one attached hydrogen (secondary N) is 2. The number of hydrogen-bond acceptors (Lipinski definition) is 9. The van der Waals surface area contributed by atoms with Crippen LogP contribution in [0.25, 0.3) is 0 Å². The summed E-state index contributed by atoms with van der Waals surface area (Å²) in [5.74, 6) is -1.44. The van der Waals surface area contributed by atoms with Crippen LogP contribution in [-0.4, -0.2) is 121 Å². The van der Waals surface area contributed by atoms with Crippen molar-refractivity contribution in [3.05, 3.63) is 87.9 Å². The molecule has 1 aliphatic rings. The van der Waals surface area contributed by atoms with Gasteiger partial charge in [0.2, 0.25) is 23.6 Å². The number of nitrogens with zero attached hydrogens (tertiary/aromatic N) is 4. The smallest absolute Gasteiger partial charge is 0.245 e. The summed E-state index contributed by atoms with van der Waals surface area (Å²) in [7, 11) is 6.94. The first-order valence-electron chi connectivity index (χ1n) is 23.5. The van der Waals surface area contributed by atoms with E-state index < -0.39 is 36.3 Å². The SMILES string of the molecule is CCc1ccc(CCN(C)[C@H](C(=O)N[C@H](C(=O)N(C)[C@@H]([C@@H](C)CC)[C@@H](CC(=O)N2CCC[C@H]2[C@H](OC)[C@@H](C)C(=O)N[C@@H](Cc2ccccc2)c2nccs2)OC)C(C)C)C(C)C)cc1.